The Morgan fingerprint density at radius 1 is 1.12 bits per heavy atom. The molecule has 25 heavy (non-hydrogen) atoms. The molecule has 0 fully saturated rings. The normalized spacial score (nSPS) is 10.9. The Labute approximate surface area is 150 Å². The number of benzene rings is 2. The van der Waals surface area contributed by atoms with E-state index < -0.39 is 5.97 Å². The van der Waals surface area contributed by atoms with Gasteiger partial charge >= 0.3 is 5.97 Å². The number of carbonyl (C=O) groups is 1. The maximum absolute atomic E-state index is 10.6. The first-order chi connectivity index (χ1) is 12.2. The van der Waals surface area contributed by atoms with E-state index in [1.807, 2.05) is 54.6 Å². The van der Waals surface area contributed by atoms with Crippen LogP contribution in [0.3, 0.4) is 0 Å². The van der Waals surface area contributed by atoms with Crippen molar-refractivity contribution in [3.05, 3.63) is 70.5 Å². The first kappa shape index (κ1) is 16.9. The van der Waals surface area contributed by atoms with Crippen LogP contribution in [0.4, 0.5) is 5.69 Å². The third-order valence-electron chi connectivity index (χ3n) is 3.56. The Hall–Kier alpha value is -2.92. The number of hydrogen-bond donors (Lipinski definition) is 2. The van der Waals surface area contributed by atoms with Crippen LogP contribution >= 0.6 is 11.3 Å². The summed E-state index contributed by atoms with van der Waals surface area (Å²) in [6.45, 7) is 0.412. The molecular weight excluding hydrogens is 332 g/mol. The number of thiazole rings is 1. The number of anilines is 1. The van der Waals surface area contributed by atoms with E-state index in [0.29, 0.717) is 6.54 Å². The summed E-state index contributed by atoms with van der Waals surface area (Å²) in [6, 6.07) is 18.0. The zero-order valence-electron chi connectivity index (χ0n) is 13.6. The minimum absolute atomic E-state index is 0.0987. The number of rotatable bonds is 7. The lowest BCUT2D eigenvalue weighted by atomic mass is 10.2. The largest absolute Gasteiger partial charge is 0.481 e. The molecule has 126 valence electrons. The van der Waals surface area contributed by atoms with Gasteiger partial charge in [0.05, 0.1) is 12.1 Å². The van der Waals surface area contributed by atoms with Crippen molar-refractivity contribution in [1.82, 2.24) is 4.98 Å². The molecule has 0 saturated heterocycles. The summed E-state index contributed by atoms with van der Waals surface area (Å²) in [5.74, 6) is -0.804. The molecule has 0 saturated carbocycles. The Kier molecular flexibility index (Phi) is 5.59. The van der Waals surface area contributed by atoms with Gasteiger partial charge in [-0.1, -0.05) is 48.5 Å². The summed E-state index contributed by atoms with van der Waals surface area (Å²) in [5, 5.41) is 14.8. The van der Waals surface area contributed by atoms with E-state index in [1.54, 1.807) is 11.3 Å². The highest BCUT2D eigenvalue weighted by Gasteiger charge is 2.02. The molecule has 0 atom stereocenters. The highest BCUT2D eigenvalue weighted by atomic mass is 32.1. The smallest absolute Gasteiger partial charge is 0.305 e. The molecule has 0 radical (unpaired) electrons. The van der Waals surface area contributed by atoms with Crippen molar-refractivity contribution in [2.75, 3.05) is 11.9 Å². The van der Waals surface area contributed by atoms with Crippen molar-refractivity contribution in [3.63, 3.8) is 0 Å². The zero-order chi connectivity index (χ0) is 17.5. The standard InChI is InChI=1S/C20H18N2O2S/c23-20(24)11-12-21-17-8-4-5-15(13-17)9-10-19-22-18(14-25-19)16-6-2-1-3-7-16/h1-10,13-14,21H,11-12H2,(H,23,24). The summed E-state index contributed by atoms with van der Waals surface area (Å²) in [5.41, 5.74) is 4.04. The SMILES string of the molecule is O=C(O)CCNc1cccc(C=Cc2nc(-c3ccccc3)cs2)c1. The van der Waals surface area contributed by atoms with Crippen molar-refractivity contribution >= 4 is 35.1 Å². The van der Waals surface area contributed by atoms with Crippen LogP contribution in [0.25, 0.3) is 23.4 Å². The van der Waals surface area contributed by atoms with Crippen molar-refractivity contribution < 1.29 is 9.90 Å². The first-order valence-electron chi connectivity index (χ1n) is 7.95. The molecule has 2 N–H and O–H groups in total. The molecule has 2 aromatic carbocycles. The van der Waals surface area contributed by atoms with Gasteiger partial charge in [-0.05, 0) is 23.8 Å². The fourth-order valence-corrected chi connectivity index (χ4v) is 3.06. The number of aliphatic carboxylic acids is 1. The van der Waals surface area contributed by atoms with E-state index >= 15 is 0 Å². The van der Waals surface area contributed by atoms with Crippen LogP contribution in [0.5, 0.6) is 0 Å². The minimum Gasteiger partial charge on any atom is -0.481 e. The van der Waals surface area contributed by atoms with Gasteiger partial charge in [-0.25, -0.2) is 4.98 Å². The second-order valence-corrected chi connectivity index (χ2v) is 6.36. The third kappa shape index (κ3) is 5.02. The van der Waals surface area contributed by atoms with Crippen molar-refractivity contribution in [2.24, 2.45) is 0 Å². The Morgan fingerprint density at radius 3 is 2.76 bits per heavy atom. The van der Waals surface area contributed by atoms with E-state index in [0.717, 1.165) is 27.5 Å². The lowest BCUT2D eigenvalue weighted by Gasteiger charge is -2.05. The van der Waals surface area contributed by atoms with E-state index in [-0.39, 0.29) is 6.42 Å². The fraction of sp³-hybridized carbons (Fsp3) is 0.100. The quantitative estimate of drug-likeness (QED) is 0.638. The highest BCUT2D eigenvalue weighted by Crippen LogP contribution is 2.23. The van der Waals surface area contributed by atoms with Gasteiger partial charge in [0, 0.05) is 23.2 Å². The fourth-order valence-electron chi connectivity index (χ4n) is 2.34. The van der Waals surface area contributed by atoms with Crippen LogP contribution in [0.2, 0.25) is 0 Å². The summed E-state index contributed by atoms with van der Waals surface area (Å²) in [4.78, 5) is 15.2. The topological polar surface area (TPSA) is 62.2 Å². The molecule has 3 rings (SSSR count). The van der Waals surface area contributed by atoms with Gasteiger partial charge in [0.25, 0.3) is 0 Å². The monoisotopic (exact) mass is 350 g/mol. The Bertz CT molecular complexity index is 872. The molecule has 0 aliphatic heterocycles. The lowest BCUT2D eigenvalue weighted by Crippen LogP contribution is -2.07. The average molecular weight is 350 g/mol. The van der Waals surface area contributed by atoms with Gasteiger partial charge in [-0.2, -0.15) is 0 Å². The van der Waals surface area contributed by atoms with E-state index in [4.69, 9.17) is 5.11 Å². The second-order valence-electron chi connectivity index (χ2n) is 5.47. The summed E-state index contributed by atoms with van der Waals surface area (Å²) in [6.07, 6.45) is 4.10. The summed E-state index contributed by atoms with van der Waals surface area (Å²) in [7, 11) is 0. The Morgan fingerprint density at radius 2 is 1.96 bits per heavy atom. The molecule has 0 aliphatic carbocycles. The second kappa shape index (κ2) is 8.26. The average Bonchev–Trinajstić information content (AvgIpc) is 3.10. The molecule has 5 heteroatoms. The lowest BCUT2D eigenvalue weighted by molar-refractivity contribution is -0.136. The number of nitrogens with zero attached hydrogens (tertiary/aromatic N) is 1. The molecule has 0 unspecified atom stereocenters. The maximum atomic E-state index is 10.6. The molecule has 0 aliphatic rings. The van der Waals surface area contributed by atoms with Crippen LogP contribution in [-0.4, -0.2) is 22.6 Å². The molecule has 0 spiro atoms. The first-order valence-corrected chi connectivity index (χ1v) is 8.83. The number of aromatic nitrogens is 1. The molecule has 0 bridgehead atoms. The van der Waals surface area contributed by atoms with Gasteiger partial charge < -0.3 is 10.4 Å². The molecule has 3 aromatic rings. The van der Waals surface area contributed by atoms with Crippen LogP contribution in [-0.2, 0) is 4.79 Å². The highest BCUT2D eigenvalue weighted by molar-refractivity contribution is 7.10. The summed E-state index contributed by atoms with van der Waals surface area (Å²) < 4.78 is 0. The van der Waals surface area contributed by atoms with E-state index in [9.17, 15) is 4.79 Å². The van der Waals surface area contributed by atoms with Crippen LogP contribution < -0.4 is 5.32 Å². The zero-order valence-corrected chi connectivity index (χ0v) is 14.4. The van der Waals surface area contributed by atoms with Gasteiger partial charge in [0.15, 0.2) is 0 Å². The van der Waals surface area contributed by atoms with Crippen molar-refractivity contribution in [1.29, 1.82) is 0 Å². The van der Waals surface area contributed by atoms with Crippen LogP contribution in [0, 0.1) is 0 Å². The van der Waals surface area contributed by atoms with Crippen molar-refractivity contribution in [2.45, 2.75) is 6.42 Å². The van der Waals surface area contributed by atoms with Crippen LogP contribution in [0.15, 0.2) is 60.0 Å². The van der Waals surface area contributed by atoms with Crippen molar-refractivity contribution in [3.8, 4) is 11.3 Å². The number of carboxylic acid groups (broad SMARTS) is 1. The maximum Gasteiger partial charge on any atom is 0.305 e. The number of carboxylic acids is 1. The molecule has 0 amide bonds. The van der Waals surface area contributed by atoms with E-state index in [1.165, 1.54) is 0 Å². The minimum atomic E-state index is -0.804. The molecular formula is C20H18N2O2S. The Balaban J connectivity index is 1.66. The van der Waals surface area contributed by atoms with Crippen LogP contribution in [0.1, 0.15) is 17.0 Å². The predicted molar refractivity (Wildman–Crippen MR) is 104 cm³/mol. The third-order valence-corrected chi connectivity index (χ3v) is 4.37. The number of hydrogen-bond acceptors (Lipinski definition) is 4. The molecule has 1 heterocycles. The van der Waals surface area contributed by atoms with Gasteiger partial charge in [-0.15, -0.1) is 11.3 Å². The van der Waals surface area contributed by atoms with E-state index in [2.05, 4.69) is 27.8 Å². The molecule has 4 nitrogen and oxygen atoms in total. The predicted octanol–water partition coefficient (Wildman–Crippen LogP) is 4.87. The van der Waals surface area contributed by atoms with Gasteiger partial charge in [-0.3, -0.25) is 4.79 Å². The molecule has 1 aromatic heterocycles. The van der Waals surface area contributed by atoms with Gasteiger partial charge in [0.2, 0.25) is 0 Å². The summed E-state index contributed by atoms with van der Waals surface area (Å²) >= 11 is 1.61. The van der Waals surface area contributed by atoms with Gasteiger partial charge in [0.1, 0.15) is 5.01 Å². The number of nitrogens with one attached hydrogen (secondary N) is 1.